The van der Waals surface area contributed by atoms with Crippen LogP contribution < -0.4 is 4.74 Å². The number of hydrogen-bond donors (Lipinski definition) is 0. The van der Waals surface area contributed by atoms with E-state index in [-0.39, 0.29) is 11.7 Å². The van der Waals surface area contributed by atoms with Crippen molar-refractivity contribution in [2.75, 3.05) is 6.61 Å². The molecule has 3 heterocycles. The average Bonchev–Trinajstić information content (AvgIpc) is 3.50. The van der Waals surface area contributed by atoms with Crippen LogP contribution in [0.25, 0.3) is 10.9 Å². The number of fused-ring (bicyclic) bond motifs is 1. The maximum Gasteiger partial charge on any atom is 0.310 e. The van der Waals surface area contributed by atoms with Gasteiger partial charge in [0.15, 0.2) is 5.76 Å². The summed E-state index contributed by atoms with van der Waals surface area (Å²) in [5, 5.41) is 7.34. The zero-order chi connectivity index (χ0) is 22.1. The quantitative estimate of drug-likeness (QED) is 0.360. The highest BCUT2D eigenvalue weighted by Crippen LogP contribution is 2.38. The summed E-state index contributed by atoms with van der Waals surface area (Å²) in [4.78, 5) is 17.8. The van der Waals surface area contributed by atoms with Gasteiger partial charge in [-0.15, -0.1) is 0 Å². The summed E-state index contributed by atoms with van der Waals surface area (Å²) in [5.41, 5.74) is 3.24. The van der Waals surface area contributed by atoms with Crippen LogP contribution in [0.2, 0.25) is 5.15 Å². The molecule has 5 rings (SSSR count). The maximum atomic E-state index is 13.2. The number of halogens is 1. The molecule has 1 aliphatic heterocycles. The summed E-state index contributed by atoms with van der Waals surface area (Å²) in [7, 11) is 0. The Labute approximate surface area is 190 Å². The summed E-state index contributed by atoms with van der Waals surface area (Å²) < 4.78 is 11.0. The number of pyridine rings is 1. The first-order valence-corrected chi connectivity index (χ1v) is 10.7. The molecular weight excluding hydrogens is 426 g/mol. The summed E-state index contributed by atoms with van der Waals surface area (Å²) >= 11 is 6.62. The van der Waals surface area contributed by atoms with Crippen LogP contribution in [-0.4, -0.2) is 28.2 Å². The van der Waals surface area contributed by atoms with Crippen molar-refractivity contribution in [1.29, 1.82) is 0 Å². The minimum atomic E-state index is -0.414. The molecule has 0 unspecified atom stereocenters. The van der Waals surface area contributed by atoms with E-state index in [0.29, 0.717) is 18.2 Å². The van der Waals surface area contributed by atoms with Crippen LogP contribution in [0.1, 0.15) is 41.1 Å². The van der Waals surface area contributed by atoms with Gasteiger partial charge < -0.3 is 9.15 Å². The van der Waals surface area contributed by atoms with E-state index in [1.807, 2.05) is 61.5 Å². The van der Waals surface area contributed by atoms with Crippen LogP contribution in [0.5, 0.6) is 5.75 Å². The number of rotatable bonds is 5. The van der Waals surface area contributed by atoms with Gasteiger partial charge in [-0.2, -0.15) is 5.10 Å². The molecule has 0 N–H and O–H groups in total. The molecular formula is C25H20ClN3O3. The second-order valence-electron chi connectivity index (χ2n) is 7.42. The zero-order valence-corrected chi connectivity index (χ0v) is 18.1. The second-order valence-corrected chi connectivity index (χ2v) is 7.77. The lowest BCUT2D eigenvalue weighted by molar-refractivity contribution is 0.0678. The summed E-state index contributed by atoms with van der Waals surface area (Å²) in [6.07, 6.45) is 1.98. The molecule has 0 saturated carbocycles. The van der Waals surface area contributed by atoms with Crippen LogP contribution in [0, 0.1) is 0 Å². The third-order valence-electron chi connectivity index (χ3n) is 5.39. The molecule has 1 amide bonds. The molecule has 1 atom stereocenters. The van der Waals surface area contributed by atoms with E-state index in [0.717, 1.165) is 33.5 Å². The Balaban J connectivity index is 1.59. The van der Waals surface area contributed by atoms with Gasteiger partial charge in [-0.25, -0.2) is 9.99 Å². The van der Waals surface area contributed by atoms with Crippen molar-refractivity contribution in [3.05, 3.63) is 95.0 Å². The fraction of sp³-hybridized carbons (Fsp3) is 0.160. The minimum Gasteiger partial charge on any atom is -0.494 e. The van der Waals surface area contributed by atoms with Crippen molar-refractivity contribution in [1.82, 2.24) is 9.99 Å². The molecule has 6 nitrogen and oxygen atoms in total. The first-order chi connectivity index (χ1) is 15.6. The van der Waals surface area contributed by atoms with E-state index >= 15 is 0 Å². The lowest BCUT2D eigenvalue weighted by Crippen LogP contribution is -2.27. The lowest BCUT2D eigenvalue weighted by atomic mass is 9.98. The Morgan fingerprint density at radius 1 is 1.16 bits per heavy atom. The number of nitrogens with zero attached hydrogens (tertiary/aromatic N) is 3. The Kier molecular flexibility index (Phi) is 5.37. The van der Waals surface area contributed by atoms with Gasteiger partial charge in [0.2, 0.25) is 0 Å². The van der Waals surface area contributed by atoms with Crippen LogP contribution in [-0.2, 0) is 0 Å². The number of ether oxygens (including phenoxy) is 1. The zero-order valence-electron chi connectivity index (χ0n) is 17.4. The number of furan rings is 1. The highest BCUT2D eigenvalue weighted by atomic mass is 35.5. The van der Waals surface area contributed by atoms with E-state index in [1.54, 1.807) is 12.1 Å². The maximum absolute atomic E-state index is 13.2. The van der Waals surface area contributed by atoms with Gasteiger partial charge >= 0.3 is 5.91 Å². The fourth-order valence-electron chi connectivity index (χ4n) is 3.90. The summed E-state index contributed by atoms with van der Waals surface area (Å²) in [5.74, 6) is 0.646. The van der Waals surface area contributed by atoms with Gasteiger partial charge in [-0.3, -0.25) is 4.79 Å². The van der Waals surface area contributed by atoms with Crippen LogP contribution in [0.4, 0.5) is 0 Å². The molecule has 0 spiro atoms. The monoisotopic (exact) mass is 445 g/mol. The molecule has 4 aromatic rings. The number of hydrazone groups is 1. The largest absolute Gasteiger partial charge is 0.494 e. The molecule has 0 aliphatic carbocycles. The van der Waals surface area contributed by atoms with Gasteiger partial charge in [0, 0.05) is 17.4 Å². The molecule has 2 aromatic carbocycles. The molecule has 0 bridgehead atoms. The van der Waals surface area contributed by atoms with Crippen molar-refractivity contribution in [2.24, 2.45) is 5.10 Å². The van der Waals surface area contributed by atoms with Gasteiger partial charge in [0.1, 0.15) is 10.9 Å². The Bertz CT molecular complexity index is 1300. The minimum absolute atomic E-state index is 0.219. The van der Waals surface area contributed by atoms with E-state index in [9.17, 15) is 4.79 Å². The molecule has 32 heavy (non-hydrogen) atoms. The van der Waals surface area contributed by atoms with E-state index < -0.39 is 6.04 Å². The van der Waals surface area contributed by atoms with E-state index in [1.165, 1.54) is 11.3 Å². The van der Waals surface area contributed by atoms with Crippen LogP contribution in [0.3, 0.4) is 0 Å². The summed E-state index contributed by atoms with van der Waals surface area (Å²) in [6, 6.07) is 20.3. The molecule has 0 fully saturated rings. The first kappa shape index (κ1) is 20.3. The summed E-state index contributed by atoms with van der Waals surface area (Å²) in [6.45, 7) is 2.51. The number of hydrogen-bond acceptors (Lipinski definition) is 5. The number of aromatic nitrogens is 1. The molecule has 1 aliphatic rings. The predicted octanol–water partition coefficient (Wildman–Crippen LogP) is 5.87. The number of benzene rings is 2. The Hall–Kier alpha value is -3.64. The van der Waals surface area contributed by atoms with Gasteiger partial charge in [-0.05, 0) is 48.9 Å². The van der Waals surface area contributed by atoms with Crippen molar-refractivity contribution >= 4 is 34.1 Å². The van der Waals surface area contributed by atoms with Gasteiger partial charge in [-0.1, -0.05) is 41.9 Å². The first-order valence-electron chi connectivity index (χ1n) is 10.4. The third-order valence-corrected chi connectivity index (χ3v) is 5.70. The Morgan fingerprint density at radius 3 is 2.75 bits per heavy atom. The molecule has 7 heteroatoms. The topological polar surface area (TPSA) is 67.9 Å². The standard InChI is InChI=1S/C25H20ClN3O3/c1-2-31-18-10-11-20-17(13-18)14-19(24(26)27-20)22-15-21(16-7-4-3-5-8-16)28-29(22)25(30)23-9-6-12-32-23/h3-14,22H,2,15H2,1H3/t22-/m0/s1. The SMILES string of the molecule is CCOc1ccc2nc(Cl)c([C@@H]3CC(c4ccccc4)=NN3C(=O)c3ccco3)cc2c1. The molecule has 2 aromatic heterocycles. The van der Waals surface area contributed by atoms with Crippen molar-refractivity contribution < 1.29 is 13.9 Å². The molecule has 0 radical (unpaired) electrons. The number of carbonyl (C=O) groups excluding carboxylic acids is 1. The lowest BCUT2D eigenvalue weighted by Gasteiger charge is -2.22. The van der Waals surface area contributed by atoms with Crippen LogP contribution in [0.15, 0.2) is 82.5 Å². The highest BCUT2D eigenvalue weighted by Gasteiger charge is 2.36. The van der Waals surface area contributed by atoms with Crippen LogP contribution >= 0.6 is 11.6 Å². The number of carbonyl (C=O) groups is 1. The average molecular weight is 446 g/mol. The predicted molar refractivity (Wildman–Crippen MR) is 123 cm³/mol. The van der Waals surface area contributed by atoms with Gasteiger partial charge in [0.25, 0.3) is 0 Å². The van der Waals surface area contributed by atoms with E-state index in [2.05, 4.69) is 10.1 Å². The third kappa shape index (κ3) is 3.74. The smallest absolute Gasteiger partial charge is 0.310 e. The van der Waals surface area contributed by atoms with Gasteiger partial charge in [0.05, 0.1) is 30.1 Å². The number of amides is 1. The van der Waals surface area contributed by atoms with Crippen molar-refractivity contribution in [3.63, 3.8) is 0 Å². The van der Waals surface area contributed by atoms with E-state index in [4.69, 9.17) is 20.8 Å². The normalized spacial score (nSPS) is 15.8. The Morgan fingerprint density at radius 2 is 2.00 bits per heavy atom. The van der Waals surface area contributed by atoms with Crippen molar-refractivity contribution in [2.45, 2.75) is 19.4 Å². The fourth-order valence-corrected chi connectivity index (χ4v) is 4.17. The molecule has 0 saturated heterocycles. The molecule has 160 valence electrons. The highest BCUT2D eigenvalue weighted by molar-refractivity contribution is 6.30. The van der Waals surface area contributed by atoms with Crippen molar-refractivity contribution in [3.8, 4) is 5.75 Å². The second kappa shape index (κ2) is 8.48.